The molecule has 0 aromatic heterocycles. The van der Waals surface area contributed by atoms with Gasteiger partial charge in [0.15, 0.2) is 6.61 Å². The minimum Gasteiger partial charge on any atom is -0.452 e. The summed E-state index contributed by atoms with van der Waals surface area (Å²) < 4.78 is 67.4. The minimum absolute atomic E-state index is 0.162. The lowest BCUT2D eigenvalue weighted by Gasteiger charge is -2.20. The van der Waals surface area contributed by atoms with Crippen molar-refractivity contribution < 1.29 is 35.9 Å². The molecule has 0 unspecified atom stereocenters. The van der Waals surface area contributed by atoms with Crippen LogP contribution in [-0.2, 0) is 19.6 Å². The first-order chi connectivity index (χ1) is 11.7. The number of halogens is 3. The van der Waals surface area contributed by atoms with Gasteiger partial charge in [-0.2, -0.15) is 13.2 Å². The largest absolute Gasteiger partial charge is 0.452 e. The highest BCUT2D eigenvalue weighted by atomic mass is 32.2. The molecule has 146 valence electrons. The molecule has 0 aliphatic heterocycles. The fourth-order valence-corrected chi connectivity index (χ4v) is 3.18. The highest BCUT2D eigenvalue weighted by Gasteiger charge is 2.28. The topological polar surface area (TPSA) is 102 Å². The molecule has 1 aromatic carbocycles. The van der Waals surface area contributed by atoms with Crippen molar-refractivity contribution in [3.63, 3.8) is 0 Å². The molecule has 0 spiro atoms. The van der Waals surface area contributed by atoms with Gasteiger partial charge in [-0.3, -0.25) is 4.79 Å². The molecule has 0 bridgehead atoms. The maximum Gasteiger partial charge on any atom is 0.405 e. The lowest BCUT2D eigenvalue weighted by Crippen LogP contribution is -2.40. The normalized spacial score (nSPS) is 12.5. The second-order valence-corrected chi connectivity index (χ2v) is 8.03. The van der Waals surface area contributed by atoms with Crippen molar-refractivity contribution in [3.8, 4) is 0 Å². The van der Waals surface area contributed by atoms with E-state index in [0.717, 1.165) is 6.07 Å². The first kappa shape index (κ1) is 21.9. The molecule has 7 nitrogen and oxygen atoms in total. The number of carbonyl (C=O) groups is 2. The lowest BCUT2D eigenvalue weighted by molar-refractivity contribution is -0.140. The fraction of sp³-hybridized carbons (Fsp3) is 0.467. The smallest absolute Gasteiger partial charge is 0.405 e. The molecule has 2 N–H and O–H groups in total. The zero-order valence-electron chi connectivity index (χ0n) is 14.3. The molecule has 0 atom stereocenters. The third-order valence-electron chi connectivity index (χ3n) is 2.64. The van der Waals surface area contributed by atoms with Crippen molar-refractivity contribution in [1.82, 2.24) is 10.0 Å². The average molecular weight is 396 g/mol. The van der Waals surface area contributed by atoms with Crippen LogP contribution in [0.25, 0.3) is 0 Å². The number of carbonyl (C=O) groups excluding carboxylic acids is 2. The van der Waals surface area contributed by atoms with E-state index in [1.165, 1.54) is 18.2 Å². The van der Waals surface area contributed by atoms with E-state index in [2.05, 4.69) is 9.46 Å². The second-order valence-electron chi connectivity index (χ2n) is 6.35. The van der Waals surface area contributed by atoms with E-state index in [9.17, 15) is 31.2 Å². The summed E-state index contributed by atoms with van der Waals surface area (Å²) in [6, 6.07) is 4.87. The van der Waals surface area contributed by atoms with Gasteiger partial charge in [-0.25, -0.2) is 17.9 Å². The molecule has 0 aliphatic rings. The summed E-state index contributed by atoms with van der Waals surface area (Å²) in [5.74, 6) is -2.17. The SMILES string of the molecule is CC(C)(C)NS(=O)(=O)c1cccc(C(=O)OCC(=O)NCC(F)(F)F)c1. The fourth-order valence-electron chi connectivity index (χ4n) is 1.72. The van der Waals surface area contributed by atoms with Crippen LogP contribution >= 0.6 is 0 Å². The van der Waals surface area contributed by atoms with Gasteiger partial charge in [0, 0.05) is 5.54 Å². The van der Waals surface area contributed by atoms with Crippen molar-refractivity contribution in [2.45, 2.75) is 37.4 Å². The highest BCUT2D eigenvalue weighted by Crippen LogP contribution is 2.15. The number of amides is 1. The van der Waals surface area contributed by atoms with Crippen molar-refractivity contribution in [3.05, 3.63) is 29.8 Å². The number of nitrogens with one attached hydrogen (secondary N) is 2. The monoisotopic (exact) mass is 396 g/mol. The molecule has 1 rings (SSSR count). The quantitative estimate of drug-likeness (QED) is 0.712. The average Bonchev–Trinajstić information content (AvgIpc) is 2.47. The van der Waals surface area contributed by atoms with Crippen molar-refractivity contribution in [2.75, 3.05) is 13.2 Å². The Bertz CT molecular complexity index is 770. The third kappa shape index (κ3) is 7.83. The summed E-state index contributed by atoms with van der Waals surface area (Å²) in [6.07, 6.45) is -4.58. The zero-order chi connectivity index (χ0) is 20.2. The molecular weight excluding hydrogens is 377 g/mol. The molecule has 1 aromatic rings. The van der Waals surface area contributed by atoms with Crippen LogP contribution in [0.2, 0.25) is 0 Å². The molecule has 0 saturated heterocycles. The molecule has 0 saturated carbocycles. The molecular formula is C15H19F3N2O5S. The Morgan fingerprint density at radius 1 is 1.15 bits per heavy atom. The number of ether oxygens (including phenoxy) is 1. The summed E-state index contributed by atoms with van der Waals surface area (Å²) >= 11 is 0. The van der Waals surface area contributed by atoms with Gasteiger partial charge in [0.25, 0.3) is 5.91 Å². The van der Waals surface area contributed by atoms with Crippen LogP contribution in [0.1, 0.15) is 31.1 Å². The highest BCUT2D eigenvalue weighted by molar-refractivity contribution is 7.89. The van der Waals surface area contributed by atoms with E-state index in [0.29, 0.717) is 0 Å². The maximum absolute atomic E-state index is 12.2. The number of sulfonamides is 1. The molecule has 0 aliphatic carbocycles. The number of hydrogen-bond donors (Lipinski definition) is 2. The Morgan fingerprint density at radius 3 is 2.31 bits per heavy atom. The Kier molecular flexibility index (Phi) is 6.77. The number of rotatable bonds is 6. The summed E-state index contributed by atoms with van der Waals surface area (Å²) in [5, 5.41) is 1.54. The van der Waals surface area contributed by atoms with Crippen LogP contribution in [0.4, 0.5) is 13.2 Å². The van der Waals surface area contributed by atoms with Crippen LogP contribution in [0.5, 0.6) is 0 Å². The van der Waals surface area contributed by atoms with Gasteiger partial charge in [-0.05, 0) is 39.0 Å². The number of hydrogen-bond acceptors (Lipinski definition) is 5. The first-order valence-corrected chi connectivity index (χ1v) is 8.82. The molecule has 11 heteroatoms. The first-order valence-electron chi connectivity index (χ1n) is 7.34. The Labute approximate surface area is 149 Å². The molecule has 26 heavy (non-hydrogen) atoms. The molecule has 0 heterocycles. The predicted octanol–water partition coefficient (Wildman–Crippen LogP) is 1.60. The number of alkyl halides is 3. The minimum atomic E-state index is -4.58. The Balaban J connectivity index is 2.76. The van der Waals surface area contributed by atoms with Gasteiger partial charge >= 0.3 is 12.1 Å². The van der Waals surface area contributed by atoms with Crippen molar-refractivity contribution >= 4 is 21.9 Å². The van der Waals surface area contributed by atoms with Crippen LogP contribution < -0.4 is 10.0 Å². The molecule has 0 fully saturated rings. The van der Waals surface area contributed by atoms with Gasteiger partial charge < -0.3 is 10.1 Å². The van der Waals surface area contributed by atoms with Crippen LogP contribution in [0.3, 0.4) is 0 Å². The molecule has 1 amide bonds. The second kappa shape index (κ2) is 8.04. The maximum atomic E-state index is 12.2. The van der Waals surface area contributed by atoms with Crippen molar-refractivity contribution in [1.29, 1.82) is 0 Å². The zero-order valence-corrected chi connectivity index (χ0v) is 15.1. The predicted molar refractivity (Wildman–Crippen MR) is 85.9 cm³/mol. The van der Waals surface area contributed by atoms with Crippen LogP contribution in [0, 0.1) is 0 Å². The van der Waals surface area contributed by atoms with Gasteiger partial charge in [0.1, 0.15) is 6.54 Å². The Hall–Kier alpha value is -2.14. The van der Waals surface area contributed by atoms with Crippen LogP contribution in [0.15, 0.2) is 29.2 Å². The van der Waals surface area contributed by atoms with E-state index in [1.54, 1.807) is 26.1 Å². The summed E-state index contributed by atoms with van der Waals surface area (Å²) in [5.41, 5.74) is -0.906. The number of benzene rings is 1. The third-order valence-corrected chi connectivity index (χ3v) is 4.40. The Morgan fingerprint density at radius 2 is 1.77 bits per heavy atom. The van der Waals surface area contributed by atoms with Gasteiger partial charge in [-0.1, -0.05) is 6.07 Å². The van der Waals surface area contributed by atoms with Crippen LogP contribution in [-0.4, -0.2) is 45.2 Å². The van der Waals surface area contributed by atoms with E-state index < -0.39 is 46.8 Å². The summed E-state index contributed by atoms with van der Waals surface area (Å²) in [7, 11) is -3.89. The lowest BCUT2D eigenvalue weighted by atomic mass is 10.1. The van der Waals surface area contributed by atoms with E-state index in [1.807, 2.05) is 0 Å². The summed E-state index contributed by atoms with van der Waals surface area (Å²) in [4.78, 5) is 22.9. The van der Waals surface area contributed by atoms with Gasteiger partial charge in [-0.15, -0.1) is 0 Å². The van der Waals surface area contributed by atoms with Gasteiger partial charge in [0.2, 0.25) is 10.0 Å². The van der Waals surface area contributed by atoms with Crippen molar-refractivity contribution in [2.24, 2.45) is 0 Å². The molecule has 0 radical (unpaired) electrons. The van der Waals surface area contributed by atoms with E-state index in [4.69, 9.17) is 0 Å². The standard InChI is InChI=1S/C15H19F3N2O5S/c1-14(2,3)20-26(23,24)11-6-4-5-10(7-11)13(22)25-8-12(21)19-9-15(16,17)18/h4-7,20H,8-9H2,1-3H3,(H,19,21). The van der Waals surface area contributed by atoms with E-state index >= 15 is 0 Å². The number of esters is 1. The summed E-state index contributed by atoms with van der Waals surface area (Å²) in [6.45, 7) is 2.45. The van der Waals surface area contributed by atoms with Gasteiger partial charge in [0.05, 0.1) is 10.5 Å². The van der Waals surface area contributed by atoms with E-state index in [-0.39, 0.29) is 10.5 Å².